The van der Waals surface area contributed by atoms with E-state index in [2.05, 4.69) is 16.0 Å². The first-order valence-electron chi connectivity index (χ1n) is 25.9. The number of hydrogen-bond donors (Lipinski definition) is 7. The molecule has 1 aliphatic heterocycles. The molecule has 0 unspecified atom stereocenters. The molecule has 3 aromatic rings. The van der Waals surface area contributed by atoms with Crippen LogP contribution in [0.4, 0.5) is 8.78 Å². The number of aliphatic hydroxyl groups is 1. The highest BCUT2D eigenvalue weighted by molar-refractivity contribution is 6.12. The van der Waals surface area contributed by atoms with Crippen LogP contribution in [-0.2, 0) is 49.7 Å². The van der Waals surface area contributed by atoms with Gasteiger partial charge >= 0.3 is 5.97 Å². The van der Waals surface area contributed by atoms with Crippen LogP contribution in [0.5, 0.6) is 0 Å². The predicted octanol–water partition coefficient (Wildman–Crippen LogP) is 3.68. The monoisotopic (exact) mass is 1080 g/mol. The molecule has 22 heteroatoms. The van der Waals surface area contributed by atoms with Gasteiger partial charge in [-0.25, -0.2) is 13.6 Å². The Kier molecular flexibility index (Phi) is 23.8. The van der Waals surface area contributed by atoms with E-state index in [1.165, 1.54) is 24.0 Å². The van der Waals surface area contributed by atoms with Gasteiger partial charge < -0.3 is 47.1 Å². The third kappa shape index (κ3) is 18.0. The average molecular weight is 1080 g/mol. The number of nitrogens with two attached hydrogens (primary N) is 2. The summed E-state index contributed by atoms with van der Waals surface area (Å²) in [5.41, 5.74) is 13.0. The van der Waals surface area contributed by atoms with Crippen LogP contribution in [0, 0.1) is 23.0 Å². The number of aliphatic carboxylic acids is 1. The van der Waals surface area contributed by atoms with Crippen molar-refractivity contribution >= 4 is 53.2 Å². The van der Waals surface area contributed by atoms with Gasteiger partial charge in [0.2, 0.25) is 29.5 Å². The Morgan fingerprint density at radius 2 is 1.48 bits per heavy atom. The van der Waals surface area contributed by atoms with Crippen LogP contribution in [0.3, 0.4) is 0 Å². The number of unbranched alkanes of at least 4 members (excludes halogenated alkanes) is 3. The number of rotatable bonds is 30. The molecule has 2 heterocycles. The molecule has 0 bridgehead atoms. The quantitative estimate of drug-likeness (QED) is 0.0371. The zero-order valence-corrected chi connectivity index (χ0v) is 44.8. The molecule has 9 N–H and O–H groups in total. The second-order valence-corrected chi connectivity index (χ2v) is 20.6. The number of aliphatic hydroxyl groups excluding tert-OH is 1. The van der Waals surface area contributed by atoms with Crippen LogP contribution in [0.2, 0.25) is 0 Å². The van der Waals surface area contributed by atoms with Crippen molar-refractivity contribution in [3.05, 3.63) is 95.8 Å². The summed E-state index contributed by atoms with van der Waals surface area (Å²) < 4.78 is 31.5. The highest BCUT2D eigenvalue weighted by Gasteiger charge is 2.40. The van der Waals surface area contributed by atoms with Crippen molar-refractivity contribution in [1.29, 1.82) is 0 Å². The zero-order chi connectivity index (χ0) is 57.1. The molecule has 77 heavy (non-hydrogen) atoms. The van der Waals surface area contributed by atoms with Crippen LogP contribution < -0.4 is 27.4 Å². The molecule has 420 valence electrons. The summed E-state index contributed by atoms with van der Waals surface area (Å²) >= 11 is 0. The molecule has 5 atom stereocenters. The SMILES string of the molecule is CC(C)[C@H](NC(=O)CCCCCN1C(=O)C=CC1=O)C(=O)N[C@@H](C)C(=O)N(C(=O)CCNC(=O)[C@@H](N)CCN(C(=O)CO)[C@@H](c1cc(-c2cc(F)ccc2F)cn1Cc1ccccc1)C(C)(C)C)[C@@H](CCCCN)C(=O)O. The molecule has 0 spiro atoms. The van der Waals surface area contributed by atoms with Crippen molar-refractivity contribution in [2.24, 2.45) is 22.8 Å². The van der Waals surface area contributed by atoms with Crippen molar-refractivity contribution < 1.29 is 62.1 Å². The summed E-state index contributed by atoms with van der Waals surface area (Å²) in [6, 6.07) is 7.69. The minimum absolute atomic E-state index is 0.00618. The maximum atomic E-state index is 15.2. The van der Waals surface area contributed by atoms with Crippen LogP contribution >= 0.6 is 0 Å². The molecule has 0 saturated carbocycles. The number of aromatic nitrogens is 1. The molecule has 1 aliphatic rings. The van der Waals surface area contributed by atoms with E-state index in [0.717, 1.165) is 28.7 Å². The lowest BCUT2D eigenvalue weighted by molar-refractivity contribution is -0.159. The van der Waals surface area contributed by atoms with Crippen molar-refractivity contribution in [3.63, 3.8) is 0 Å². The van der Waals surface area contributed by atoms with E-state index in [0.29, 0.717) is 41.8 Å². The molecular weight excluding hydrogens is 1000 g/mol. The Morgan fingerprint density at radius 3 is 2.09 bits per heavy atom. The number of hydrogen-bond acceptors (Lipinski definition) is 12. The lowest BCUT2D eigenvalue weighted by Crippen LogP contribution is -2.58. The van der Waals surface area contributed by atoms with Crippen LogP contribution in [-0.4, -0.2) is 140 Å². The van der Waals surface area contributed by atoms with E-state index in [1.54, 1.807) is 26.1 Å². The number of carbonyl (C=O) groups excluding carboxylic acids is 8. The first-order valence-corrected chi connectivity index (χ1v) is 25.9. The molecule has 0 aliphatic carbocycles. The summed E-state index contributed by atoms with van der Waals surface area (Å²) in [5, 5.41) is 28.3. The van der Waals surface area contributed by atoms with Crippen molar-refractivity contribution in [2.75, 3.05) is 32.8 Å². The summed E-state index contributed by atoms with van der Waals surface area (Å²) in [4.78, 5) is 121. The number of carboxylic acid groups (broad SMARTS) is 1. The van der Waals surface area contributed by atoms with Crippen molar-refractivity contribution in [2.45, 2.75) is 136 Å². The molecule has 0 saturated heterocycles. The van der Waals surface area contributed by atoms with Gasteiger partial charge in [0.1, 0.15) is 36.4 Å². The van der Waals surface area contributed by atoms with Gasteiger partial charge in [-0.3, -0.25) is 48.2 Å². The van der Waals surface area contributed by atoms with Crippen LogP contribution in [0.1, 0.15) is 117 Å². The molecule has 4 rings (SSSR count). The Balaban J connectivity index is 1.45. The Morgan fingerprint density at radius 1 is 0.805 bits per heavy atom. The molecule has 0 fully saturated rings. The van der Waals surface area contributed by atoms with Gasteiger partial charge in [0.25, 0.3) is 17.7 Å². The van der Waals surface area contributed by atoms with Gasteiger partial charge in [-0.2, -0.15) is 0 Å². The molecule has 1 aromatic heterocycles. The summed E-state index contributed by atoms with van der Waals surface area (Å²) in [5.74, 6) is -8.85. The Hall–Kier alpha value is -7.17. The first kappa shape index (κ1) is 62.4. The van der Waals surface area contributed by atoms with Crippen LogP contribution in [0.15, 0.2) is 72.9 Å². The molecule has 0 radical (unpaired) electrons. The number of halogens is 2. The summed E-state index contributed by atoms with van der Waals surface area (Å²) in [6.07, 6.45) is 5.12. The normalized spacial score (nSPS) is 14.4. The van der Waals surface area contributed by atoms with Crippen LogP contribution in [0.25, 0.3) is 11.1 Å². The topological polar surface area (TPSA) is 297 Å². The fourth-order valence-corrected chi connectivity index (χ4v) is 9.09. The van der Waals surface area contributed by atoms with E-state index in [9.17, 15) is 57.8 Å². The second kappa shape index (κ2) is 29.4. The van der Waals surface area contributed by atoms with Crippen molar-refractivity contribution in [1.82, 2.24) is 35.2 Å². The number of benzene rings is 2. The fourth-order valence-electron chi connectivity index (χ4n) is 9.09. The first-order chi connectivity index (χ1) is 36.4. The Labute approximate surface area is 447 Å². The van der Waals surface area contributed by atoms with E-state index in [-0.39, 0.29) is 57.4 Å². The highest BCUT2D eigenvalue weighted by atomic mass is 19.1. The zero-order valence-electron chi connectivity index (χ0n) is 44.8. The molecular formula is C55H75F2N9O11. The highest BCUT2D eigenvalue weighted by Crippen LogP contribution is 2.41. The second-order valence-electron chi connectivity index (χ2n) is 20.6. The molecule has 2 aromatic carbocycles. The lowest BCUT2D eigenvalue weighted by Gasteiger charge is -2.41. The van der Waals surface area contributed by atoms with E-state index in [1.807, 2.05) is 55.7 Å². The van der Waals surface area contributed by atoms with E-state index < -0.39 is 126 Å². The minimum Gasteiger partial charge on any atom is -0.480 e. The van der Waals surface area contributed by atoms with E-state index >= 15 is 4.39 Å². The van der Waals surface area contributed by atoms with Gasteiger partial charge in [-0.15, -0.1) is 0 Å². The predicted molar refractivity (Wildman–Crippen MR) is 281 cm³/mol. The molecule has 8 amide bonds. The summed E-state index contributed by atoms with van der Waals surface area (Å²) in [6.45, 7) is 9.37. The number of amides is 8. The molecule has 20 nitrogen and oxygen atoms in total. The minimum atomic E-state index is -1.68. The number of imide groups is 2. The number of nitrogens with zero attached hydrogens (tertiary/aromatic N) is 4. The van der Waals surface area contributed by atoms with Gasteiger partial charge in [0, 0.05) is 74.2 Å². The summed E-state index contributed by atoms with van der Waals surface area (Å²) in [7, 11) is 0. The fraction of sp³-hybridized carbons (Fsp3) is 0.509. The van der Waals surface area contributed by atoms with Gasteiger partial charge in [0.05, 0.1) is 12.1 Å². The van der Waals surface area contributed by atoms with Gasteiger partial charge in [-0.1, -0.05) is 71.4 Å². The maximum Gasteiger partial charge on any atom is 0.326 e. The maximum absolute atomic E-state index is 15.2. The number of nitrogens with one attached hydrogen (secondary N) is 3. The third-order valence-corrected chi connectivity index (χ3v) is 13.1. The van der Waals surface area contributed by atoms with Crippen molar-refractivity contribution in [3.8, 4) is 11.1 Å². The largest absolute Gasteiger partial charge is 0.480 e. The average Bonchev–Trinajstić information content (AvgIpc) is 3.93. The van der Waals surface area contributed by atoms with E-state index in [4.69, 9.17) is 11.5 Å². The van der Waals surface area contributed by atoms with Gasteiger partial charge in [-0.05, 0) is 93.2 Å². The Bertz CT molecular complexity index is 2580. The number of carbonyl (C=O) groups is 9. The standard InChI is InChI=1S/C55H75F2N9O11/c1-34(2)49(62-44(68)18-11-8-14-27-64-45(69)21-22-46(64)70)52(74)61-35(3)53(75)66(42(54(76)77)17-12-13-25-58)47(71)23-26-60-51(73)41(59)24-28-65(48(72)33-67)50(55(4,5)6)43-29-37(39-30-38(56)19-20-40(39)57)32-63(43)31-36-15-9-7-10-16-36/h7,9-10,15-16,19-22,29-30,32,34-35,41-42,49-50,67H,8,11-14,17-18,23-28,31,33,58-59H2,1-6H3,(H,60,73)(H,61,74)(H,62,68)(H,76,77)/t35-,41-,42-,49-,50-/m0/s1. The smallest absolute Gasteiger partial charge is 0.326 e. The third-order valence-electron chi connectivity index (χ3n) is 13.1. The van der Waals surface area contributed by atoms with Gasteiger partial charge in [0.15, 0.2) is 0 Å². The number of carboxylic acids is 1. The lowest BCUT2D eigenvalue weighted by atomic mass is 9.82.